The van der Waals surface area contributed by atoms with E-state index in [1.807, 2.05) is 24.3 Å². The van der Waals surface area contributed by atoms with Gasteiger partial charge in [-0.2, -0.15) is 5.10 Å². The first-order valence-corrected chi connectivity index (χ1v) is 12.7. The van der Waals surface area contributed by atoms with Crippen LogP contribution in [0.1, 0.15) is 35.7 Å². The van der Waals surface area contributed by atoms with Gasteiger partial charge < -0.3 is 14.8 Å². The number of carbonyl (C=O) groups is 2. The molecule has 0 aliphatic carbocycles. The summed E-state index contributed by atoms with van der Waals surface area (Å²) in [4.78, 5) is 38.1. The predicted octanol–water partition coefficient (Wildman–Crippen LogP) is 4.64. The van der Waals surface area contributed by atoms with Crippen LogP contribution in [-0.2, 0) is 11.2 Å². The van der Waals surface area contributed by atoms with Crippen LogP contribution in [0.3, 0.4) is 0 Å². The molecule has 0 saturated heterocycles. The molecule has 184 valence electrons. The summed E-state index contributed by atoms with van der Waals surface area (Å²) in [5.74, 6) is 1.01. The first kappa shape index (κ1) is 24.0. The highest BCUT2D eigenvalue weighted by Crippen LogP contribution is 2.44. The predicted molar refractivity (Wildman–Crippen MR) is 139 cm³/mol. The average molecular weight is 523 g/mol. The van der Waals surface area contributed by atoms with Crippen LogP contribution in [-0.4, -0.2) is 39.6 Å². The Kier molecular flexibility index (Phi) is 6.75. The SMILES string of the molecule is CC(=O)CCCNC(=O)c1ccc2c(c1)OCCc1cc(-c3n[nH]c(=O)n3-c3ccccc3Cl)sc1-2. The largest absolute Gasteiger partial charge is 0.493 e. The number of rotatable bonds is 7. The van der Waals surface area contributed by atoms with E-state index in [9.17, 15) is 14.4 Å². The minimum atomic E-state index is -0.371. The molecule has 2 aromatic heterocycles. The number of H-pyrrole nitrogens is 1. The van der Waals surface area contributed by atoms with Gasteiger partial charge in [0.2, 0.25) is 0 Å². The van der Waals surface area contributed by atoms with Gasteiger partial charge in [0.25, 0.3) is 5.91 Å². The van der Waals surface area contributed by atoms with Crippen molar-refractivity contribution < 1.29 is 14.3 Å². The van der Waals surface area contributed by atoms with Crippen molar-refractivity contribution in [1.82, 2.24) is 20.1 Å². The fraction of sp³-hybridized carbons (Fsp3) is 0.231. The van der Waals surface area contributed by atoms with Crippen molar-refractivity contribution in [3.63, 3.8) is 0 Å². The minimum Gasteiger partial charge on any atom is -0.493 e. The molecule has 5 rings (SSSR count). The summed E-state index contributed by atoms with van der Waals surface area (Å²) in [7, 11) is 0. The molecule has 0 saturated carbocycles. The lowest BCUT2D eigenvalue weighted by atomic mass is 10.0. The number of carbonyl (C=O) groups excluding carboxylic acids is 2. The van der Waals surface area contributed by atoms with E-state index in [1.54, 1.807) is 24.3 Å². The van der Waals surface area contributed by atoms with Crippen molar-refractivity contribution in [1.29, 1.82) is 0 Å². The lowest BCUT2D eigenvalue weighted by Gasteiger charge is -2.10. The van der Waals surface area contributed by atoms with Crippen molar-refractivity contribution in [2.75, 3.05) is 13.2 Å². The molecule has 36 heavy (non-hydrogen) atoms. The molecule has 0 spiro atoms. The molecule has 1 aliphatic rings. The molecule has 3 heterocycles. The number of aromatic amines is 1. The van der Waals surface area contributed by atoms with Crippen molar-refractivity contribution in [2.45, 2.75) is 26.2 Å². The number of fused-ring (bicyclic) bond motifs is 3. The van der Waals surface area contributed by atoms with E-state index in [0.717, 1.165) is 20.9 Å². The summed E-state index contributed by atoms with van der Waals surface area (Å²) in [6.07, 6.45) is 1.72. The number of hydrogen-bond donors (Lipinski definition) is 2. The van der Waals surface area contributed by atoms with Gasteiger partial charge in [0.1, 0.15) is 11.5 Å². The highest BCUT2D eigenvalue weighted by Gasteiger charge is 2.24. The quantitative estimate of drug-likeness (QED) is 0.344. The Morgan fingerprint density at radius 3 is 2.86 bits per heavy atom. The second kappa shape index (κ2) is 10.1. The lowest BCUT2D eigenvalue weighted by Crippen LogP contribution is -2.24. The number of nitrogens with zero attached hydrogens (tertiary/aromatic N) is 2. The minimum absolute atomic E-state index is 0.104. The molecule has 8 nitrogen and oxygen atoms in total. The Balaban J connectivity index is 1.46. The number of Topliss-reactive ketones (excluding diaryl/α,β-unsaturated/α-hetero) is 1. The number of nitrogens with one attached hydrogen (secondary N) is 2. The maximum Gasteiger partial charge on any atom is 0.348 e. The molecule has 2 aromatic carbocycles. The first-order chi connectivity index (χ1) is 17.4. The summed E-state index contributed by atoms with van der Waals surface area (Å²) in [6.45, 7) is 2.43. The molecule has 0 fully saturated rings. The molecular formula is C26H23ClN4O4S. The normalized spacial score (nSPS) is 12.3. The van der Waals surface area contributed by atoms with E-state index in [0.29, 0.717) is 60.3 Å². The Morgan fingerprint density at radius 1 is 1.22 bits per heavy atom. The number of para-hydroxylation sites is 1. The van der Waals surface area contributed by atoms with Crippen LogP contribution >= 0.6 is 22.9 Å². The number of amides is 1. The fourth-order valence-corrected chi connectivity index (χ4v) is 5.59. The van der Waals surface area contributed by atoms with Crippen LogP contribution in [0, 0.1) is 0 Å². The van der Waals surface area contributed by atoms with E-state index in [2.05, 4.69) is 15.5 Å². The zero-order valence-corrected chi connectivity index (χ0v) is 21.0. The van der Waals surface area contributed by atoms with Gasteiger partial charge in [-0.25, -0.2) is 14.5 Å². The maximum absolute atomic E-state index is 12.6. The van der Waals surface area contributed by atoms with Crippen LogP contribution in [0.25, 0.3) is 26.8 Å². The van der Waals surface area contributed by atoms with Gasteiger partial charge in [0.15, 0.2) is 5.82 Å². The van der Waals surface area contributed by atoms with Crippen molar-refractivity contribution in [3.8, 4) is 32.6 Å². The second-order valence-electron chi connectivity index (χ2n) is 8.48. The molecule has 0 bridgehead atoms. The van der Waals surface area contributed by atoms with E-state index in [1.165, 1.54) is 22.8 Å². The van der Waals surface area contributed by atoms with E-state index in [4.69, 9.17) is 16.3 Å². The highest BCUT2D eigenvalue weighted by molar-refractivity contribution is 7.19. The number of aromatic nitrogens is 3. The maximum atomic E-state index is 12.6. The molecule has 2 N–H and O–H groups in total. The molecule has 0 unspecified atom stereocenters. The summed E-state index contributed by atoms with van der Waals surface area (Å²) in [5.41, 5.74) is 2.64. The van der Waals surface area contributed by atoms with Crippen LogP contribution in [0.15, 0.2) is 53.3 Å². The van der Waals surface area contributed by atoms with Crippen molar-refractivity contribution in [3.05, 3.63) is 75.2 Å². The Bertz CT molecular complexity index is 1520. The lowest BCUT2D eigenvalue weighted by molar-refractivity contribution is -0.117. The van der Waals surface area contributed by atoms with Crippen molar-refractivity contribution >= 4 is 34.6 Å². The monoisotopic (exact) mass is 522 g/mol. The molecule has 4 aromatic rings. The number of halogens is 1. The van der Waals surface area contributed by atoms with Gasteiger partial charge in [-0.15, -0.1) is 11.3 Å². The third-order valence-electron chi connectivity index (χ3n) is 5.90. The zero-order chi connectivity index (χ0) is 25.2. The topological polar surface area (TPSA) is 106 Å². The van der Waals surface area contributed by atoms with Crippen LogP contribution in [0.5, 0.6) is 5.75 Å². The van der Waals surface area contributed by atoms with E-state index < -0.39 is 0 Å². The van der Waals surface area contributed by atoms with Gasteiger partial charge in [-0.05, 0) is 55.3 Å². The standard InChI is InChI=1S/C26H23ClN4O4S/c1-15(32)5-4-11-28-25(33)17-8-9-18-21(13-17)35-12-10-16-14-22(36-23(16)18)24-29-30-26(34)31(24)20-7-3-2-6-19(20)27/h2-3,6-9,13-14H,4-5,10-12H2,1H3,(H,28,33)(H,30,34). The van der Waals surface area contributed by atoms with E-state index in [-0.39, 0.29) is 17.4 Å². The van der Waals surface area contributed by atoms with Gasteiger partial charge in [-0.1, -0.05) is 23.7 Å². The molecular weight excluding hydrogens is 500 g/mol. The van der Waals surface area contributed by atoms with Crippen LogP contribution < -0.4 is 15.7 Å². The molecule has 0 atom stereocenters. The van der Waals surface area contributed by atoms with Gasteiger partial charge >= 0.3 is 5.69 Å². The third kappa shape index (κ3) is 4.72. The average Bonchev–Trinajstić information content (AvgIpc) is 3.40. The van der Waals surface area contributed by atoms with E-state index >= 15 is 0 Å². The highest BCUT2D eigenvalue weighted by atomic mass is 35.5. The zero-order valence-electron chi connectivity index (χ0n) is 19.5. The second-order valence-corrected chi connectivity index (χ2v) is 9.93. The number of benzene rings is 2. The number of ether oxygens (including phenoxy) is 1. The smallest absolute Gasteiger partial charge is 0.348 e. The summed E-state index contributed by atoms with van der Waals surface area (Å²) in [6, 6.07) is 14.6. The third-order valence-corrected chi connectivity index (χ3v) is 7.43. The van der Waals surface area contributed by atoms with Crippen LogP contribution in [0.2, 0.25) is 5.02 Å². The number of thiophene rings is 1. The van der Waals surface area contributed by atoms with Gasteiger partial charge in [0.05, 0.1) is 22.2 Å². The fourth-order valence-electron chi connectivity index (χ4n) is 4.15. The van der Waals surface area contributed by atoms with Crippen LogP contribution in [0.4, 0.5) is 0 Å². The molecule has 1 aliphatic heterocycles. The van der Waals surface area contributed by atoms with Gasteiger partial charge in [-0.3, -0.25) is 4.79 Å². The molecule has 1 amide bonds. The van der Waals surface area contributed by atoms with Gasteiger partial charge in [0, 0.05) is 35.4 Å². The summed E-state index contributed by atoms with van der Waals surface area (Å²) >= 11 is 7.88. The Labute approximate surface area is 215 Å². The number of ketones is 1. The summed E-state index contributed by atoms with van der Waals surface area (Å²) < 4.78 is 7.46. The van der Waals surface area contributed by atoms with Crippen molar-refractivity contribution in [2.24, 2.45) is 0 Å². The molecule has 10 heteroatoms. The Morgan fingerprint density at radius 2 is 2.06 bits per heavy atom. The first-order valence-electron chi connectivity index (χ1n) is 11.5. The molecule has 0 radical (unpaired) electrons. The summed E-state index contributed by atoms with van der Waals surface area (Å²) in [5, 5.41) is 10.1. The number of hydrogen-bond acceptors (Lipinski definition) is 6. The Hall–Kier alpha value is -3.69.